The predicted octanol–water partition coefficient (Wildman–Crippen LogP) is 6.41. The van der Waals surface area contributed by atoms with Gasteiger partial charge in [-0.15, -0.1) is 0 Å². The van der Waals surface area contributed by atoms with Crippen molar-refractivity contribution in [1.82, 2.24) is 15.5 Å². The predicted molar refractivity (Wildman–Crippen MR) is 161 cm³/mol. The lowest BCUT2D eigenvalue weighted by Gasteiger charge is -2.44. The Hall–Kier alpha value is -3.35. The number of ether oxygens (including phenoxy) is 1. The summed E-state index contributed by atoms with van der Waals surface area (Å²) in [4.78, 5) is 43.2. The van der Waals surface area contributed by atoms with Gasteiger partial charge in [0.2, 0.25) is 11.8 Å². The fourth-order valence-electron chi connectivity index (χ4n) is 4.68. The molecule has 0 saturated heterocycles. The van der Waals surface area contributed by atoms with E-state index in [0.29, 0.717) is 13.0 Å². The molecule has 2 unspecified atom stereocenters. The number of carbonyl (C=O) groups excluding carboxylic acids is 3. The summed E-state index contributed by atoms with van der Waals surface area (Å²) in [5, 5.41) is 5.90. The highest BCUT2D eigenvalue weighted by Crippen LogP contribution is 2.33. The minimum absolute atomic E-state index is 0.232. The standard InChI is InChI=1S/C33H49N3O4/c1-10-12-18-34-29(37)28(26-20-23(3)19-24(4)21-26)36(33(8,9)11-2)30(38)27(22-25-16-14-13-15-17-25)35-31(39)40-32(5,6)7/h13-17,19-21,27-28H,10-12,18,22H2,1-9H3,(H,34,37)(H,35,39). The molecule has 2 rings (SSSR count). The van der Waals surface area contributed by atoms with E-state index in [4.69, 9.17) is 4.74 Å². The van der Waals surface area contributed by atoms with Crippen LogP contribution in [0.2, 0.25) is 0 Å². The first kappa shape index (κ1) is 32.9. The molecular formula is C33H49N3O4. The molecule has 3 amide bonds. The van der Waals surface area contributed by atoms with E-state index in [0.717, 1.165) is 35.1 Å². The fraction of sp³-hybridized carbons (Fsp3) is 0.545. The maximum absolute atomic E-state index is 14.6. The van der Waals surface area contributed by atoms with Gasteiger partial charge < -0.3 is 20.3 Å². The van der Waals surface area contributed by atoms with Crippen molar-refractivity contribution in [2.75, 3.05) is 6.54 Å². The Kier molecular flexibility index (Phi) is 11.8. The smallest absolute Gasteiger partial charge is 0.408 e. The molecule has 0 fully saturated rings. The van der Waals surface area contributed by atoms with Crippen LogP contribution in [-0.4, -0.2) is 46.5 Å². The molecule has 2 aromatic rings. The Bertz CT molecular complexity index is 1120. The van der Waals surface area contributed by atoms with E-state index in [1.807, 2.05) is 77.1 Å². The third-order valence-electron chi connectivity index (χ3n) is 6.92. The van der Waals surface area contributed by atoms with Gasteiger partial charge in [0.05, 0.1) is 0 Å². The van der Waals surface area contributed by atoms with Crippen LogP contribution in [0.4, 0.5) is 4.79 Å². The van der Waals surface area contributed by atoms with E-state index >= 15 is 0 Å². The molecule has 0 aliphatic heterocycles. The van der Waals surface area contributed by atoms with Crippen molar-refractivity contribution in [3.8, 4) is 0 Å². The quantitative estimate of drug-likeness (QED) is 0.298. The summed E-state index contributed by atoms with van der Waals surface area (Å²) in [5.41, 5.74) is 2.23. The molecule has 0 aromatic heterocycles. The molecule has 0 bridgehead atoms. The maximum atomic E-state index is 14.6. The molecule has 0 aliphatic carbocycles. The average molecular weight is 552 g/mol. The molecule has 2 atom stereocenters. The summed E-state index contributed by atoms with van der Waals surface area (Å²) < 4.78 is 5.54. The van der Waals surface area contributed by atoms with Gasteiger partial charge >= 0.3 is 6.09 Å². The Labute approximate surface area is 241 Å². The minimum Gasteiger partial charge on any atom is -0.444 e. The van der Waals surface area contributed by atoms with Gasteiger partial charge in [0, 0.05) is 18.5 Å². The summed E-state index contributed by atoms with van der Waals surface area (Å²) >= 11 is 0. The first-order valence-corrected chi connectivity index (χ1v) is 14.4. The molecule has 0 radical (unpaired) electrons. The number of rotatable bonds is 12. The van der Waals surface area contributed by atoms with E-state index in [1.165, 1.54) is 0 Å². The summed E-state index contributed by atoms with van der Waals surface area (Å²) in [7, 11) is 0. The number of nitrogens with one attached hydrogen (secondary N) is 2. The van der Waals surface area contributed by atoms with Crippen LogP contribution in [0.25, 0.3) is 0 Å². The monoisotopic (exact) mass is 551 g/mol. The number of alkyl carbamates (subject to hydrolysis) is 1. The zero-order chi connectivity index (χ0) is 30.1. The summed E-state index contributed by atoms with van der Waals surface area (Å²) in [6, 6.07) is 13.7. The summed E-state index contributed by atoms with van der Waals surface area (Å²) in [6.45, 7) is 17.8. The fourth-order valence-corrected chi connectivity index (χ4v) is 4.68. The van der Waals surface area contributed by atoms with Crippen LogP contribution in [0.3, 0.4) is 0 Å². The van der Waals surface area contributed by atoms with Crippen LogP contribution in [0.15, 0.2) is 48.5 Å². The minimum atomic E-state index is -0.945. The second-order valence-corrected chi connectivity index (χ2v) is 12.2. The lowest BCUT2D eigenvalue weighted by molar-refractivity contribution is -0.149. The highest BCUT2D eigenvalue weighted by atomic mass is 16.6. The van der Waals surface area contributed by atoms with Crippen LogP contribution in [-0.2, 0) is 20.7 Å². The summed E-state index contributed by atoms with van der Waals surface area (Å²) in [6.07, 6.45) is 1.97. The third-order valence-corrected chi connectivity index (χ3v) is 6.92. The van der Waals surface area contributed by atoms with Crippen LogP contribution in [0.1, 0.15) is 96.0 Å². The van der Waals surface area contributed by atoms with Crippen molar-refractivity contribution >= 4 is 17.9 Å². The van der Waals surface area contributed by atoms with E-state index < -0.39 is 29.3 Å². The normalized spacial score (nSPS) is 13.2. The van der Waals surface area contributed by atoms with Gasteiger partial charge in [-0.1, -0.05) is 79.9 Å². The maximum Gasteiger partial charge on any atom is 0.408 e. The molecular weight excluding hydrogens is 502 g/mol. The van der Waals surface area contributed by atoms with Crippen molar-refractivity contribution in [3.63, 3.8) is 0 Å². The highest BCUT2D eigenvalue weighted by molar-refractivity contribution is 5.93. The molecule has 0 saturated carbocycles. The van der Waals surface area contributed by atoms with Crippen LogP contribution in [0, 0.1) is 13.8 Å². The Morgan fingerprint density at radius 1 is 0.925 bits per heavy atom. The number of aryl methyl sites for hydroxylation is 2. The largest absolute Gasteiger partial charge is 0.444 e. The second kappa shape index (κ2) is 14.3. The number of unbranched alkanes of at least 4 members (excludes halogenated alkanes) is 1. The third kappa shape index (κ3) is 9.68. The van der Waals surface area contributed by atoms with Crippen LogP contribution < -0.4 is 10.6 Å². The van der Waals surface area contributed by atoms with Gasteiger partial charge in [-0.3, -0.25) is 9.59 Å². The molecule has 0 spiro atoms. The Balaban J connectivity index is 2.66. The van der Waals surface area contributed by atoms with Gasteiger partial charge in [-0.05, 0) is 72.4 Å². The van der Waals surface area contributed by atoms with Gasteiger partial charge in [-0.25, -0.2) is 4.79 Å². The van der Waals surface area contributed by atoms with Crippen molar-refractivity contribution in [3.05, 3.63) is 70.8 Å². The number of benzene rings is 2. The Morgan fingerprint density at radius 2 is 1.52 bits per heavy atom. The SMILES string of the molecule is CCCCNC(=O)C(c1cc(C)cc(C)c1)N(C(=O)C(Cc1ccccc1)NC(=O)OC(C)(C)C)C(C)(C)CC. The molecule has 7 nitrogen and oxygen atoms in total. The number of carbonyl (C=O) groups is 3. The lowest BCUT2D eigenvalue weighted by atomic mass is 9.90. The van der Waals surface area contributed by atoms with E-state index in [9.17, 15) is 14.4 Å². The zero-order valence-corrected chi connectivity index (χ0v) is 25.9. The molecule has 2 aromatic carbocycles. The van der Waals surface area contributed by atoms with Crippen molar-refractivity contribution < 1.29 is 19.1 Å². The number of hydrogen-bond acceptors (Lipinski definition) is 4. The molecule has 0 heterocycles. The first-order valence-electron chi connectivity index (χ1n) is 14.4. The highest BCUT2D eigenvalue weighted by Gasteiger charge is 2.43. The second-order valence-electron chi connectivity index (χ2n) is 12.2. The number of nitrogens with zero attached hydrogens (tertiary/aromatic N) is 1. The van der Waals surface area contributed by atoms with Gasteiger partial charge in [0.1, 0.15) is 17.7 Å². The topological polar surface area (TPSA) is 87.7 Å². The first-order chi connectivity index (χ1) is 18.7. The molecule has 2 N–H and O–H groups in total. The van der Waals surface area contributed by atoms with Crippen molar-refractivity contribution in [2.45, 2.75) is 111 Å². The van der Waals surface area contributed by atoms with Crippen molar-refractivity contribution in [1.29, 1.82) is 0 Å². The number of hydrogen-bond donors (Lipinski definition) is 2. The van der Waals surface area contributed by atoms with Gasteiger partial charge in [0.25, 0.3) is 0 Å². The van der Waals surface area contributed by atoms with E-state index in [-0.39, 0.29) is 18.2 Å². The Morgan fingerprint density at radius 3 is 2.05 bits per heavy atom. The van der Waals surface area contributed by atoms with E-state index in [2.05, 4.69) is 23.6 Å². The molecule has 0 aliphatic rings. The van der Waals surface area contributed by atoms with Crippen LogP contribution >= 0.6 is 0 Å². The zero-order valence-electron chi connectivity index (χ0n) is 25.9. The van der Waals surface area contributed by atoms with Crippen molar-refractivity contribution in [2.24, 2.45) is 0 Å². The van der Waals surface area contributed by atoms with Gasteiger partial charge in [0.15, 0.2) is 0 Å². The van der Waals surface area contributed by atoms with Crippen LogP contribution in [0.5, 0.6) is 0 Å². The number of amides is 3. The van der Waals surface area contributed by atoms with E-state index in [1.54, 1.807) is 25.7 Å². The lowest BCUT2D eigenvalue weighted by Crippen LogP contribution is -2.60. The molecule has 220 valence electrons. The molecule has 7 heteroatoms. The summed E-state index contributed by atoms with van der Waals surface area (Å²) in [5.74, 6) is -0.569. The average Bonchev–Trinajstić information content (AvgIpc) is 2.85. The molecule has 40 heavy (non-hydrogen) atoms. The van der Waals surface area contributed by atoms with Gasteiger partial charge in [-0.2, -0.15) is 0 Å².